The standard InChI is InChI=1S/C18H29ClN4O3.C8H15NO3.C7H12ClNO3/c1-20-11-14-7-15(12-21-2)9-16(8-14)13-23-17(24)3-5-26-6-4-22-18(25)10-19;1-2-8(11)9-4-7-12-6-3-5-10;8-6-7(11)9-2-5-12-4-1-3-10/h7-9,20-21H,3-6,10-13H2,1-2H3,(H,22,25)(H,23,24);5H,2-4,6-7H2,1H3,(H,9,11);3H,1-2,4-6H2,(H,9,11). The molecule has 0 aliphatic rings. The molecular weight excluding hydrogens is 695 g/mol. The van der Waals surface area contributed by atoms with Gasteiger partial charge in [0.15, 0.2) is 0 Å². The third-order valence-electron chi connectivity index (χ3n) is 5.87. The number of nitrogens with one attached hydrogen (secondary N) is 6. The fourth-order valence-corrected chi connectivity index (χ4v) is 3.77. The van der Waals surface area contributed by atoms with E-state index in [1.54, 1.807) is 6.92 Å². The highest BCUT2D eigenvalue weighted by Crippen LogP contribution is 2.11. The minimum Gasteiger partial charge on any atom is -0.379 e. The maximum Gasteiger partial charge on any atom is 0.235 e. The summed E-state index contributed by atoms with van der Waals surface area (Å²) >= 11 is 10.6. The van der Waals surface area contributed by atoms with Crippen molar-refractivity contribution in [2.45, 2.75) is 52.2 Å². The molecule has 17 heteroatoms. The minimum absolute atomic E-state index is 0.0222. The number of ether oxygens (including phenoxy) is 3. The Hall–Kier alpha value is -3.18. The van der Waals surface area contributed by atoms with E-state index in [2.05, 4.69) is 50.1 Å². The Bertz CT molecular complexity index is 1010. The summed E-state index contributed by atoms with van der Waals surface area (Å²) in [5.41, 5.74) is 3.44. The average molecular weight is 752 g/mol. The quantitative estimate of drug-likeness (QED) is 0.0417. The first kappa shape index (κ1) is 48.9. The molecule has 50 heavy (non-hydrogen) atoms. The molecule has 0 radical (unpaired) electrons. The van der Waals surface area contributed by atoms with E-state index in [1.165, 1.54) is 11.1 Å². The molecular formula is C33H56Cl2N6O9. The number of rotatable bonds is 27. The zero-order valence-corrected chi connectivity index (χ0v) is 31.1. The molecule has 0 unspecified atom stereocenters. The van der Waals surface area contributed by atoms with Crippen molar-refractivity contribution in [1.82, 2.24) is 31.9 Å². The van der Waals surface area contributed by atoms with Crippen LogP contribution in [0.4, 0.5) is 0 Å². The lowest BCUT2D eigenvalue weighted by molar-refractivity contribution is -0.123. The molecule has 0 bridgehead atoms. The maximum atomic E-state index is 11.9. The van der Waals surface area contributed by atoms with E-state index in [-0.39, 0.29) is 41.8 Å². The number of halogens is 2. The molecule has 0 aliphatic heterocycles. The summed E-state index contributed by atoms with van der Waals surface area (Å²) in [6.07, 6.45) is 3.19. The SMILES string of the molecule is CCC(=O)NCCOCCC=O.CNCc1cc(CNC)cc(CNC(=O)CCOCCNC(=O)CCl)c1.O=CCCOCCNC(=O)CCl. The van der Waals surface area contributed by atoms with Gasteiger partial charge in [-0.25, -0.2) is 0 Å². The summed E-state index contributed by atoms with van der Waals surface area (Å²) in [7, 11) is 3.82. The van der Waals surface area contributed by atoms with E-state index in [0.717, 1.165) is 31.2 Å². The topological polar surface area (TPSA) is 202 Å². The van der Waals surface area contributed by atoms with E-state index in [4.69, 9.17) is 37.4 Å². The van der Waals surface area contributed by atoms with Gasteiger partial charge in [0, 0.05) is 65.0 Å². The average Bonchev–Trinajstić information content (AvgIpc) is 3.12. The van der Waals surface area contributed by atoms with Crippen molar-refractivity contribution >= 4 is 59.4 Å². The van der Waals surface area contributed by atoms with Gasteiger partial charge in [-0.15, -0.1) is 23.2 Å². The number of benzene rings is 1. The second-order valence-electron chi connectivity index (χ2n) is 10.2. The normalized spacial score (nSPS) is 10.0. The zero-order valence-electron chi connectivity index (χ0n) is 29.5. The molecule has 1 rings (SSSR count). The Labute approximate surface area is 306 Å². The van der Waals surface area contributed by atoms with Crippen molar-refractivity contribution in [2.75, 3.05) is 85.1 Å². The van der Waals surface area contributed by atoms with Crippen molar-refractivity contribution in [3.8, 4) is 0 Å². The van der Waals surface area contributed by atoms with Gasteiger partial charge >= 0.3 is 0 Å². The van der Waals surface area contributed by atoms with E-state index >= 15 is 0 Å². The molecule has 6 N–H and O–H groups in total. The smallest absolute Gasteiger partial charge is 0.235 e. The molecule has 0 spiro atoms. The van der Waals surface area contributed by atoms with Crippen LogP contribution < -0.4 is 31.9 Å². The molecule has 286 valence electrons. The van der Waals surface area contributed by atoms with Crippen molar-refractivity contribution < 1.29 is 43.0 Å². The van der Waals surface area contributed by atoms with E-state index in [1.807, 2.05) is 14.1 Å². The van der Waals surface area contributed by atoms with Gasteiger partial charge in [0.1, 0.15) is 24.3 Å². The summed E-state index contributed by atoms with van der Waals surface area (Å²) in [4.78, 5) is 63.7. The van der Waals surface area contributed by atoms with Gasteiger partial charge < -0.3 is 55.7 Å². The van der Waals surface area contributed by atoms with Crippen molar-refractivity contribution in [1.29, 1.82) is 0 Å². The molecule has 0 fully saturated rings. The van der Waals surface area contributed by atoms with Gasteiger partial charge in [-0.05, 0) is 30.8 Å². The van der Waals surface area contributed by atoms with E-state index in [9.17, 15) is 28.8 Å². The minimum atomic E-state index is -0.230. The second-order valence-corrected chi connectivity index (χ2v) is 10.7. The maximum absolute atomic E-state index is 11.9. The van der Waals surface area contributed by atoms with E-state index in [0.29, 0.717) is 85.1 Å². The highest BCUT2D eigenvalue weighted by molar-refractivity contribution is 6.27. The predicted octanol–water partition coefficient (Wildman–Crippen LogP) is 0.569. The lowest BCUT2D eigenvalue weighted by Crippen LogP contribution is -2.29. The van der Waals surface area contributed by atoms with Crippen LogP contribution in [0, 0.1) is 0 Å². The molecule has 1 aromatic carbocycles. The molecule has 0 aliphatic carbocycles. The predicted molar refractivity (Wildman–Crippen MR) is 193 cm³/mol. The number of hydrogen-bond acceptors (Lipinski definition) is 11. The summed E-state index contributed by atoms with van der Waals surface area (Å²) in [5, 5.41) is 17.0. The third kappa shape index (κ3) is 33.3. The number of aldehydes is 2. The Morgan fingerprint density at radius 2 is 0.980 bits per heavy atom. The zero-order chi connectivity index (χ0) is 37.7. The fourth-order valence-electron chi connectivity index (χ4n) is 3.58. The largest absolute Gasteiger partial charge is 0.379 e. The summed E-state index contributed by atoms with van der Waals surface area (Å²) in [5.74, 6) is -0.581. The first-order valence-corrected chi connectivity index (χ1v) is 17.5. The highest BCUT2D eigenvalue weighted by Gasteiger charge is 2.05. The number of carbonyl (C=O) groups is 6. The second kappa shape index (κ2) is 37.1. The van der Waals surface area contributed by atoms with Crippen LogP contribution in [0.25, 0.3) is 0 Å². The van der Waals surface area contributed by atoms with Gasteiger partial charge in [-0.2, -0.15) is 0 Å². The van der Waals surface area contributed by atoms with Crippen LogP contribution in [0.15, 0.2) is 18.2 Å². The van der Waals surface area contributed by atoms with Crippen LogP contribution in [-0.2, 0) is 62.6 Å². The number of hydrogen-bond donors (Lipinski definition) is 6. The van der Waals surface area contributed by atoms with Crippen LogP contribution in [0.3, 0.4) is 0 Å². The lowest BCUT2D eigenvalue weighted by Gasteiger charge is -2.11. The van der Waals surface area contributed by atoms with Crippen LogP contribution in [-0.4, -0.2) is 121 Å². The van der Waals surface area contributed by atoms with Gasteiger partial charge in [-0.1, -0.05) is 25.1 Å². The Balaban J connectivity index is 0. The molecule has 0 atom stereocenters. The van der Waals surface area contributed by atoms with Crippen molar-refractivity contribution in [3.05, 3.63) is 34.9 Å². The van der Waals surface area contributed by atoms with Crippen LogP contribution in [0.2, 0.25) is 0 Å². The molecule has 4 amide bonds. The molecule has 15 nitrogen and oxygen atoms in total. The fraction of sp³-hybridized carbons (Fsp3) is 0.636. The highest BCUT2D eigenvalue weighted by atomic mass is 35.5. The van der Waals surface area contributed by atoms with Crippen LogP contribution in [0.5, 0.6) is 0 Å². The van der Waals surface area contributed by atoms with Gasteiger partial charge in [0.2, 0.25) is 23.6 Å². The Morgan fingerprint density at radius 1 is 0.580 bits per heavy atom. The van der Waals surface area contributed by atoms with Crippen molar-refractivity contribution in [3.63, 3.8) is 0 Å². The Morgan fingerprint density at radius 3 is 1.36 bits per heavy atom. The lowest BCUT2D eigenvalue weighted by atomic mass is 10.1. The van der Waals surface area contributed by atoms with Crippen LogP contribution >= 0.6 is 23.2 Å². The molecule has 0 saturated carbocycles. The summed E-state index contributed by atoms with van der Waals surface area (Å²) in [6.45, 7) is 7.58. The first-order valence-electron chi connectivity index (χ1n) is 16.4. The summed E-state index contributed by atoms with van der Waals surface area (Å²) in [6, 6.07) is 6.33. The summed E-state index contributed by atoms with van der Waals surface area (Å²) < 4.78 is 15.3. The Kier molecular flexibility index (Phi) is 36.3. The first-order chi connectivity index (χ1) is 24.2. The van der Waals surface area contributed by atoms with E-state index < -0.39 is 0 Å². The van der Waals surface area contributed by atoms with Gasteiger partial charge in [-0.3, -0.25) is 19.2 Å². The number of alkyl halides is 2. The van der Waals surface area contributed by atoms with Gasteiger partial charge in [0.25, 0.3) is 0 Å². The van der Waals surface area contributed by atoms with Crippen molar-refractivity contribution in [2.24, 2.45) is 0 Å². The third-order valence-corrected chi connectivity index (χ3v) is 6.35. The number of amides is 4. The molecule has 0 aromatic heterocycles. The molecule has 1 aromatic rings. The van der Waals surface area contributed by atoms with Crippen LogP contribution in [0.1, 0.15) is 49.3 Å². The molecule has 0 heterocycles. The van der Waals surface area contributed by atoms with Gasteiger partial charge in [0.05, 0.1) is 39.6 Å². The monoisotopic (exact) mass is 750 g/mol. The molecule has 0 saturated heterocycles. The number of carbonyl (C=O) groups excluding carboxylic acids is 6.